The van der Waals surface area contributed by atoms with E-state index in [0.29, 0.717) is 11.5 Å². The molecule has 0 bridgehead atoms. The minimum Gasteiger partial charge on any atom is -0.305 e. The molecule has 18 heavy (non-hydrogen) atoms. The number of anilines is 1. The Morgan fingerprint density at radius 3 is 1.94 bits per heavy atom. The van der Waals surface area contributed by atoms with Crippen LogP contribution in [0.3, 0.4) is 0 Å². The van der Waals surface area contributed by atoms with Crippen molar-refractivity contribution < 1.29 is 4.79 Å². The number of nitrogens with one attached hydrogen (secondary N) is 1. The average Bonchev–Trinajstić information content (AvgIpc) is 2.81. The van der Waals surface area contributed by atoms with E-state index < -0.39 is 0 Å². The molecule has 0 unspecified atom stereocenters. The van der Waals surface area contributed by atoms with Gasteiger partial charge in [-0.25, -0.2) is 4.98 Å². The van der Waals surface area contributed by atoms with E-state index in [1.54, 1.807) is 0 Å². The lowest BCUT2D eigenvalue weighted by atomic mass is 9.93. The van der Waals surface area contributed by atoms with Gasteiger partial charge in [-0.2, -0.15) is 0 Å². The Balaban J connectivity index is 0.000000225. The van der Waals surface area contributed by atoms with Crippen LogP contribution in [0.1, 0.15) is 26.5 Å². The largest absolute Gasteiger partial charge is 0.305 e. The molecule has 2 aromatic rings. The molecule has 0 radical (unpaired) electrons. The number of hydrogen-bond donors (Lipinski definition) is 1. The highest BCUT2D eigenvalue weighted by Gasteiger charge is 2.16. The maximum atomic E-state index is 10.1. The van der Waals surface area contributed by atoms with Gasteiger partial charge in [0.15, 0.2) is 5.13 Å². The molecule has 0 saturated heterocycles. The molecule has 1 heterocycles. The predicted molar refractivity (Wildman–Crippen MR) is 76.9 cm³/mol. The lowest BCUT2D eigenvalue weighted by Crippen LogP contribution is -2.11. The van der Waals surface area contributed by atoms with Crippen molar-refractivity contribution in [3.63, 3.8) is 0 Å². The lowest BCUT2D eigenvalue weighted by molar-refractivity contribution is -0.105. The van der Waals surface area contributed by atoms with Crippen LogP contribution in [0.15, 0.2) is 41.8 Å². The van der Waals surface area contributed by atoms with Gasteiger partial charge in [-0.15, -0.1) is 11.3 Å². The standard InChI is InChI=1S/C8H12N2OS.C6H6/c1-8(2,3)6-4-12-7(10-6)9-5-11;1-2-4-6-5-3-1/h4-5H,1-3H3,(H,9,10,11);1-6H. The van der Waals surface area contributed by atoms with Gasteiger partial charge in [0.2, 0.25) is 6.41 Å². The summed E-state index contributed by atoms with van der Waals surface area (Å²) in [5.41, 5.74) is 1.07. The van der Waals surface area contributed by atoms with Gasteiger partial charge in [0.05, 0.1) is 5.69 Å². The zero-order chi connectivity index (χ0) is 13.4. The van der Waals surface area contributed by atoms with Gasteiger partial charge in [-0.05, 0) is 0 Å². The first kappa shape index (κ1) is 14.4. The Labute approximate surface area is 112 Å². The van der Waals surface area contributed by atoms with Crippen molar-refractivity contribution in [2.45, 2.75) is 26.2 Å². The fourth-order valence-corrected chi connectivity index (χ4v) is 2.02. The molecular weight excluding hydrogens is 244 g/mol. The van der Waals surface area contributed by atoms with Crippen LogP contribution in [0, 0.1) is 0 Å². The fraction of sp³-hybridized carbons (Fsp3) is 0.286. The Bertz CT molecular complexity index is 433. The summed E-state index contributed by atoms with van der Waals surface area (Å²) in [5.74, 6) is 0. The molecule has 3 nitrogen and oxygen atoms in total. The predicted octanol–water partition coefficient (Wildman–Crippen LogP) is 3.70. The number of rotatable bonds is 2. The molecule has 0 aliphatic rings. The van der Waals surface area contributed by atoms with Gasteiger partial charge < -0.3 is 5.32 Å². The molecule has 2 rings (SSSR count). The highest BCUT2D eigenvalue weighted by atomic mass is 32.1. The van der Waals surface area contributed by atoms with Crippen LogP contribution in [0.5, 0.6) is 0 Å². The quantitative estimate of drug-likeness (QED) is 0.839. The van der Waals surface area contributed by atoms with Crippen LogP contribution < -0.4 is 5.32 Å². The third-order valence-corrected chi connectivity index (χ3v) is 2.90. The number of benzene rings is 1. The molecule has 1 aromatic carbocycles. The zero-order valence-corrected chi connectivity index (χ0v) is 11.7. The SMILES string of the molecule is CC(C)(C)c1csc(NC=O)n1.c1ccccc1. The van der Waals surface area contributed by atoms with Crippen LogP contribution in [0.25, 0.3) is 0 Å². The summed E-state index contributed by atoms with van der Waals surface area (Å²) in [6, 6.07) is 12.0. The summed E-state index contributed by atoms with van der Waals surface area (Å²) in [5, 5.41) is 5.15. The molecule has 1 N–H and O–H groups in total. The van der Waals surface area contributed by atoms with E-state index in [4.69, 9.17) is 0 Å². The van der Waals surface area contributed by atoms with E-state index in [1.807, 2.05) is 41.8 Å². The molecule has 0 saturated carbocycles. The normalized spacial score (nSPS) is 10.2. The van der Waals surface area contributed by atoms with E-state index in [0.717, 1.165) is 5.69 Å². The monoisotopic (exact) mass is 262 g/mol. The number of nitrogens with zero attached hydrogens (tertiary/aromatic N) is 1. The fourth-order valence-electron chi connectivity index (χ4n) is 1.12. The van der Waals surface area contributed by atoms with Crippen molar-refractivity contribution >= 4 is 22.9 Å². The van der Waals surface area contributed by atoms with Gasteiger partial charge in [0, 0.05) is 10.8 Å². The summed E-state index contributed by atoms with van der Waals surface area (Å²) in [6.07, 6.45) is 0.644. The van der Waals surface area contributed by atoms with Crippen molar-refractivity contribution in [2.24, 2.45) is 0 Å². The van der Waals surface area contributed by atoms with Gasteiger partial charge in [-0.1, -0.05) is 57.2 Å². The molecule has 0 atom stereocenters. The molecular formula is C14H18N2OS. The minimum atomic E-state index is 0.0549. The number of thiazole rings is 1. The summed E-state index contributed by atoms with van der Waals surface area (Å²) in [7, 11) is 0. The van der Waals surface area contributed by atoms with Crippen LogP contribution in [-0.2, 0) is 10.2 Å². The van der Waals surface area contributed by atoms with Crippen molar-refractivity contribution in [2.75, 3.05) is 5.32 Å². The summed E-state index contributed by atoms with van der Waals surface area (Å²) >= 11 is 1.45. The number of amides is 1. The van der Waals surface area contributed by atoms with E-state index >= 15 is 0 Å². The van der Waals surface area contributed by atoms with E-state index in [-0.39, 0.29) is 5.41 Å². The summed E-state index contributed by atoms with van der Waals surface area (Å²) < 4.78 is 0. The lowest BCUT2D eigenvalue weighted by Gasteiger charge is -2.13. The molecule has 1 aromatic heterocycles. The third kappa shape index (κ3) is 5.10. The molecule has 0 fully saturated rings. The van der Waals surface area contributed by atoms with Crippen LogP contribution in [-0.4, -0.2) is 11.4 Å². The average molecular weight is 262 g/mol. The van der Waals surface area contributed by atoms with Crippen molar-refractivity contribution in [3.05, 3.63) is 47.5 Å². The van der Waals surface area contributed by atoms with Gasteiger partial charge in [0.1, 0.15) is 0 Å². The van der Waals surface area contributed by atoms with Crippen LogP contribution >= 0.6 is 11.3 Å². The van der Waals surface area contributed by atoms with Crippen molar-refractivity contribution in [1.82, 2.24) is 4.98 Å². The topological polar surface area (TPSA) is 42.0 Å². The molecule has 96 valence electrons. The second kappa shape index (κ2) is 6.91. The highest BCUT2D eigenvalue weighted by molar-refractivity contribution is 7.13. The van der Waals surface area contributed by atoms with Crippen molar-refractivity contribution in [1.29, 1.82) is 0 Å². The molecule has 4 heteroatoms. The van der Waals surface area contributed by atoms with Crippen LogP contribution in [0.2, 0.25) is 0 Å². The van der Waals surface area contributed by atoms with Crippen LogP contribution in [0.4, 0.5) is 5.13 Å². The first-order chi connectivity index (χ1) is 8.54. The zero-order valence-electron chi connectivity index (χ0n) is 10.9. The Morgan fingerprint density at radius 2 is 1.61 bits per heavy atom. The number of hydrogen-bond acceptors (Lipinski definition) is 3. The number of carbonyl (C=O) groups is 1. The highest BCUT2D eigenvalue weighted by Crippen LogP contribution is 2.25. The molecule has 1 amide bonds. The number of carbonyl (C=O) groups excluding carboxylic acids is 1. The van der Waals surface area contributed by atoms with Gasteiger partial charge in [0.25, 0.3) is 0 Å². The second-order valence-electron chi connectivity index (χ2n) is 4.70. The minimum absolute atomic E-state index is 0.0549. The van der Waals surface area contributed by atoms with Crippen molar-refractivity contribution in [3.8, 4) is 0 Å². The second-order valence-corrected chi connectivity index (χ2v) is 5.56. The Hall–Kier alpha value is -1.68. The first-order valence-electron chi connectivity index (χ1n) is 5.70. The molecule has 0 aliphatic heterocycles. The summed E-state index contributed by atoms with van der Waals surface area (Å²) in [4.78, 5) is 14.3. The maximum absolute atomic E-state index is 10.1. The van der Waals surface area contributed by atoms with Gasteiger partial charge >= 0.3 is 0 Å². The first-order valence-corrected chi connectivity index (χ1v) is 6.58. The molecule has 0 spiro atoms. The molecule has 0 aliphatic carbocycles. The Morgan fingerprint density at radius 1 is 1.11 bits per heavy atom. The third-order valence-electron chi connectivity index (χ3n) is 2.12. The summed E-state index contributed by atoms with van der Waals surface area (Å²) in [6.45, 7) is 6.27. The van der Waals surface area contributed by atoms with E-state index in [2.05, 4.69) is 31.1 Å². The van der Waals surface area contributed by atoms with E-state index in [1.165, 1.54) is 11.3 Å². The number of aromatic nitrogens is 1. The van der Waals surface area contributed by atoms with E-state index in [9.17, 15) is 4.79 Å². The Kier molecular flexibility index (Phi) is 5.52. The van der Waals surface area contributed by atoms with Gasteiger partial charge in [-0.3, -0.25) is 4.79 Å². The smallest absolute Gasteiger partial charge is 0.213 e. The maximum Gasteiger partial charge on any atom is 0.213 e.